The highest BCUT2D eigenvalue weighted by atomic mass is 32.2. The zero-order valence-corrected chi connectivity index (χ0v) is 14.1. The molecule has 0 amide bonds. The van der Waals surface area contributed by atoms with Crippen LogP contribution in [-0.4, -0.2) is 14.2 Å². The minimum Gasteiger partial charge on any atom is -0.457 e. The van der Waals surface area contributed by atoms with Crippen molar-refractivity contribution in [1.82, 2.24) is 0 Å². The van der Waals surface area contributed by atoms with Gasteiger partial charge in [0, 0.05) is 17.7 Å². The van der Waals surface area contributed by atoms with E-state index in [9.17, 15) is 21.6 Å². The van der Waals surface area contributed by atoms with Crippen molar-refractivity contribution in [3.05, 3.63) is 52.8 Å². The first-order chi connectivity index (χ1) is 11.7. The maximum atomic E-state index is 13.5. The third kappa shape index (κ3) is 3.23. The van der Waals surface area contributed by atoms with Crippen LogP contribution in [0.15, 0.2) is 35.2 Å². The Hall–Kier alpha value is -2.06. The second kappa shape index (κ2) is 6.34. The molecule has 25 heavy (non-hydrogen) atoms. The number of rotatable bonds is 4. The lowest BCUT2D eigenvalue weighted by atomic mass is 10.1. The molecule has 0 aliphatic heterocycles. The number of hydrogen-bond acceptors (Lipinski definition) is 4. The monoisotopic (exact) mass is 371 g/mol. The van der Waals surface area contributed by atoms with Crippen molar-refractivity contribution in [2.24, 2.45) is 5.73 Å². The molecule has 4 nitrogen and oxygen atoms in total. The van der Waals surface area contributed by atoms with Crippen molar-refractivity contribution >= 4 is 9.84 Å². The van der Waals surface area contributed by atoms with Crippen LogP contribution in [0, 0.1) is 12.7 Å². The Kier molecular flexibility index (Phi) is 4.51. The molecule has 0 saturated carbocycles. The van der Waals surface area contributed by atoms with E-state index < -0.39 is 32.3 Å². The molecule has 1 aliphatic rings. The molecular formula is C17H16F3NO3S. The van der Waals surface area contributed by atoms with Gasteiger partial charge in [0.15, 0.2) is 0 Å². The molecule has 0 aromatic heterocycles. The molecule has 1 unspecified atom stereocenters. The molecule has 0 heterocycles. The first kappa shape index (κ1) is 17.8. The number of nitrogens with two attached hydrogens (primary N) is 1. The molecule has 0 spiro atoms. The Morgan fingerprint density at radius 1 is 1.24 bits per heavy atom. The van der Waals surface area contributed by atoms with Gasteiger partial charge in [-0.2, -0.15) is 8.78 Å². The lowest BCUT2D eigenvalue weighted by Crippen LogP contribution is -2.17. The predicted molar refractivity (Wildman–Crippen MR) is 86.1 cm³/mol. The summed E-state index contributed by atoms with van der Waals surface area (Å²) in [7, 11) is -4.77. The summed E-state index contributed by atoms with van der Waals surface area (Å²) in [6, 6.07) is 5.87. The Bertz CT molecular complexity index is 909. The molecule has 3 rings (SSSR count). The highest BCUT2D eigenvalue weighted by Gasteiger charge is 2.35. The molecule has 0 radical (unpaired) electrons. The molecule has 0 saturated heterocycles. The van der Waals surface area contributed by atoms with E-state index >= 15 is 0 Å². The van der Waals surface area contributed by atoms with Crippen LogP contribution in [0.25, 0.3) is 0 Å². The van der Waals surface area contributed by atoms with Gasteiger partial charge >= 0.3 is 5.76 Å². The van der Waals surface area contributed by atoms with Crippen LogP contribution in [0.4, 0.5) is 13.2 Å². The first-order valence-corrected chi connectivity index (χ1v) is 9.13. The fourth-order valence-electron chi connectivity index (χ4n) is 3.06. The average Bonchev–Trinajstić information content (AvgIpc) is 2.89. The lowest BCUT2D eigenvalue weighted by Gasteiger charge is -2.16. The third-order valence-electron chi connectivity index (χ3n) is 4.13. The van der Waals surface area contributed by atoms with E-state index in [2.05, 4.69) is 0 Å². The minimum atomic E-state index is -4.77. The molecule has 2 N–H and O–H groups in total. The summed E-state index contributed by atoms with van der Waals surface area (Å²) in [5, 5.41) is 0. The summed E-state index contributed by atoms with van der Waals surface area (Å²) in [6.07, 6.45) is 0.816. The maximum absolute atomic E-state index is 13.5. The topological polar surface area (TPSA) is 69.4 Å². The summed E-state index contributed by atoms with van der Waals surface area (Å²) in [5.74, 6) is -3.46. The summed E-state index contributed by atoms with van der Waals surface area (Å²) in [6.45, 7) is 1.70. The number of hydrogen-bond donors (Lipinski definition) is 1. The van der Waals surface area contributed by atoms with Gasteiger partial charge in [-0.3, -0.25) is 0 Å². The quantitative estimate of drug-likeness (QED) is 0.886. The van der Waals surface area contributed by atoms with Gasteiger partial charge in [0.25, 0.3) is 0 Å². The second-order valence-electron chi connectivity index (χ2n) is 5.97. The zero-order chi connectivity index (χ0) is 18.4. The average molecular weight is 371 g/mol. The van der Waals surface area contributed by atoms with Crippen molar-refractivity contribution in [2.75, 3.05) is 0 Å². The number of halogens is 3. The van der Waals surface area contributed by atoms with Crippen LogP contribution in [0.3, 0.4) is 0 Å². The maximum Gasteiger partial charge on any atom is 0.341 e. The fourth-order valence-corrected chi connectivity index (χ4v) is 4.09. The van der Waals surface area contributed by atoms with Gasteiger partial charge in [-0.05, 0) is 55.2 Å². The Morgan fingerprint density at radius 2 is 1.96 bits per heavy atom. The highest BCUT2D eigenvalue weighted by molar-refractivity contribution is 7.91. The van der Waals surface area contributed by atoms with Crippen molar-refractivity contribution in [3.63, 3.8) is 0 Å². The highest BCUT2D eigenvalue weighted by Crippen LogP contribution is 2.42. The van der Waals surface area contributed by atoms with Crippen LogP contribution in [-0.2, 0) is 16.3 Å². The molecule has 0 bridgehead atoms. The number of alkyl halides is 2. The normalized spacial score (nSPS) is 17.0. The van der Waals surface area contributed by atoms with Crippen LogP contribution in [0.2, 0.25) is 0 Å². The lowest BCUT2D eigenvalue weighted by molar-refractivity contribution is 0.234. The number of aryl methyl sites for hydroxylation is 1. The second-order valence-corrected chi connectivity index (χ2v) is 7.86. The van der Waals surface area contributed by atoms with E-state index in [0.29, 0.717) is 29.7 Å². The Balaban J connectivity index is 2.09. The standard InChI is InChI=1S/C17H16F3NO3S/c1-9-6-10(18)8-11(7-9)24-14-4-5-15(25(22,23)17(19)20)16-12(14)2-3-13(16)21/h4-8,13,17H,2-3,21H2,1H3. The summed E-state index contributed by atoms with van der Waals surface area (Å²) >= 11 is 0. The van der Waals surface area contributed by atoms with E-state index in [1.807, 2.05) is 0 Å². The molecule has 2 aromatic carbocycles. The summed E-state index contributed by atoms with van der Waals surface area (Å²) < 4.78 is 68.9. The fraction of sp³-hybridized carbons (Fsp3) is 0.294. The summed E-state index contributed by atoms with van der Waals surface area (Å²) in [4.78, 5) is -0.467. The van der Waals surface area contributed by atoms with Gasteiger partial charge in [-0.15, -0.1) is 0 Å². The predicted octanol–water partition coefficient (Wildman–Crippen LogP) is 3.87. The van der Waals surface area contributed by atoms with Gasteiger partial charge in [0.2, 0.25) is 9.84 Å². The molecule has 134 valence electrons. The molecule has 1 atom stereocenters. The van der Waals surface area contributed by atoms with Gasteiger partial charge in [0.05, 0.1) is 4.90 Å². The van der Waals surface area contributed by atoms with E-state index in [4.69, 9.17) is 10.5 Å². The Labute approximate surface area is 143 Å². The smallest absolute Gasteiger partial charge is 0.341 e. The van der Waals surface area contributed by atoms with Crippen LogP contribution in [0.5, 0.6) is 11.5 Å². The SMILES string of the molecule is Cc1cc(F)cc(Oc2ccc(S(=O)(=O)C(F)F)c3c2CCC3N)c1. The molecular weight excluding hydrogens is 355 g/mol. The number of ether oxygens (including phenoxy) is 1. The zero-order valence-electron chi connectivity index (χ0n) is 13.3. The van der Waals surface area contributed by atoms with Crippen molar-refractivity contribution in [3.8, 4) is 11.5 Å². The first-order valence-electron chi connectivity index (χ1n) is 7.58. The van der Waals surface area contributed by atoms with E-state index in [0.717, 1.165) is 6.07 Å². The van der Waals surface area contributed by atoms with E-state index in [-0.39, 0.29) is 11.3 Å². The van der Waals surface area contributed by atoms with E-state index in [1.165, 1.54) is 18.2 Å². The minimum absolute atomic E-state index is 0.158. The van der Waals surface area contributed by atoms with Gasteiger partial charge in [0.1, 0.15) is 17.3 Å². The number of benzene rings is 2. The number of sulfone groups is 1. The molecule has 0 fully saturated rings. The molecule has 1 aliphatic carbocycles. The van der Waals surface area contributed by atoms with Gasteiger partial charge in [-0.1, -0.05) is 0 Å². The van der Waals surface area contributed by atoms with Crippen LogP contribution >= 0.6 is 0 Å². The van der Waals surface area contributed by atoms with Gasteiger partial charge < -0.3 is 10.5 Å². The number of fused-ring (bicyclic) bond motifs is 1. The van der Waals surface area contributed by atoms with E-state index in [1.54, 1.807) is 13.0 Å². The molecule has 8 heteroatoms. The third-order valence-corrected chi connectivity index (χ3v) is 5.57. The van der Waals surface area contributed by atoms with Crippen molar-refractivity contribution in [1.29, 1.82) is 0 Å². The summed E-state index contributed by atoms with van der Waals surface area (Å²) in [5.41, 5.74) is 7.21. The van der Waals surface area contributed by atoms with Gasteiger partial charge in [-0.25, -0.2) is 12.8 Å². The van der Waals surface area contributed by atoms with Crippen molar-refractivity contribution in [2.45, 2.75) is 36.5 Å². The van der Waals surface area contributed by atoms with Crippen LogP contribution < -0.4 is 10.5 Å². The molecule has 2 aromatic rings. The Morgan fingerprint density at radius 3 is 2.60 bits per heavy atom. The largest absolute Gasteiger partial charge is 0.457 e. The van der Waals surface area contributed by atoms with Crippen LogP contribution in [0.1, 0.15) is 29.2 Å². The van der Waals surface area contributed by atoms with Crippen molar-refractivity contribution < 1.29 is 26.3 Å².